The van der Waals surface area contributed by atoms with Crippen LogP contribution < -0.4 is 16.0 Å². The van der Waals surface area contributed by atoms with Crippen LogP contribution >= 0.6 is 0 Å². The molecular formula is C50H92N4O18. The molecule has 0 aromatic heterocycles. The standard InChI is InChI=1S/C50H92N4O18/c1-32-45(65)46(66)39(30-56)71-49(32)69-25-16-13-22-42(63)53-37(19-11-14-24-51-41(62)21-12-15-26-70-50-44(52-33(2)58)48(68)47(67)40(31-57)72-50)38(61)20-9-5-3-7-17-35(59)18-8-4-6-10-23-43(64)54-28-36(60)27-34(54)29-55/h32,34,36-37,39-42,44-51,53,55-57,60,62-63,65-68H,3-31H2,1-2H3,(H,52,58)/t32?,34-,36+,37+,39?,40?,41-,42-,44?,45?,46?,47?,48?,49?,50?/m0/s1. The zero-order chi connectivity index (χ0) is 53.0. The number of rotatable bonds is 39. The first kappa shape index (κ1) is 63.9. The maximum Gasteiger partial charge on any atom is 0.222 e. The minimum absolute atomic E-state index is 0.0150. The summed E-state index contributed by atoms with van der Waals surface area (Å²) in [5.41, 5.74) is 0. The van der Waals surface area contributed by atoms with Crippen molar-refractivity contribution in [3.63, 3.8) is 0 Å². The number of ether oxygens (including phenoxy) is 4. The molecule has 22 nitrogen and oxygen atoms in total. The summed E-state index contributed by atoms with van der Waals surface area (Å²) in [6.45, 7) is 2.95. The van der Waals surface area contributed by atoms with Crippen molar-refractivity contribution in [2.75, 3.05) is 46.1 Å². The van der Waals surface area contributed by atoms with Crippen LogP contribution in [-0.4, -0.2) is 211 Å². The number of ketones is 2. The summed E-state index contributed by atoms with van der Waals surface area (Å²) >= 11 is 0. The highest BCUT2D eigenvalue weighted by molar-refractivity contribution is 5.84. The number of aliphatic hydroxyl groups excluding tert-OH is 10. The number of nitrogens with zero attached hydrogens (tertiary/aromatic N) is 1. The molecule has 15 atom stereocenters. The van der Waals surface area contributed by atoms with Crippen LogP contribution in [-0.2, 0) is 38.1 Å². The summed E-state index contributed by atoms with van der Waals surface area (Å²) in [5.74, 6) is -0.831. The Morgan fingerprint density at radius 1 is 0.625 bits per heavy atom. The number of Topliss-reactive ketones (excluding diaryl/α,β-unsaturated/α-hetero) is 2. The lowest BCUT2D eigenvalue weighted by Crippen LogP contribution is -2.64. The van der Waals surface area contributed by atoms with Crippen LogP contribution in [0.5, 0.6) is 0 Å². The Labute approximate surface area is 425 Å². The Balaban J connectivity index is 1.34. The fourth-order valence-corrected chi connectivity index (χ4v) is 9.54. The first-order valence-electron chi connectivity index (χ1n) is 26.7. The summed E-state index contributed by atoms with van der Waals surface area (Å²) in [4.78, 5) is 51.8. The molecule has 0 radical (unpaired) electrons. The number of unbranched alkanes of at least 4 members (excludes halogenated alkanes) is 9. The van der Waals surface area contributed by atoms with Crippen molar-refractivity contribution in [2.45, 2.75) is 241 Å². The SMILES string of the molecule is CC(=O)NC1C(OCCCC[C@H](O)NCCCC[C@@H](N[C@@H](O)CCCCOC2OC(CO)C(O)C(O)C2C)C(=O)CCCCCCC(=O)CCCCCCC(=O)N2C[C@H](O)C[C@H]2CO)OC(CO)C(O)C1O. The number of aliphatic hydroxyl groups is 10. The maximum absolute atomic E-state index is 13.5. The van der Waals surface area contributed by atoms with Gasteiger partial charge in [0.05, 0.1) is 44.1 Å². The molecule has 3 fully saturated rings. The Bertz CT molecular complexity index is 1520. The number of β-amino-alcohol motifs (C(OH)–C–C–N with tert-alkyl or cyclic N) is 1. The van der Waals surface area contributed by atoms with Gasteiger partial charge in [0.15, 0.2) is 12.6 Å². The molecule has 3 aliphatic heterocycles. The van der Waals surface area contributed by atoms with Crippen molar-refractivity contribution in [2.24, 2.45) is 5.92 Å². The molecule has 0 bridgehead atoms. The van der Waals surface area contributed by atoms with E-state index in [9.17, 15) is 70.2 Å². The zero-order valence-electron chi connectivity index (χ0n) is 42.9. The van der Waals surface area contributed by atoms with Gasteiger partial charge < -0.3 is 80.2 Å². The maximum atomic E-state index is 13.5. The Hall–Kier alpha value is -2.36. The molecule has 2 amide bonds. The number of carbonyl (C=O) groups excluding carboxylic acids is 4. The van der Waals surface area contributed by atoms with Crippen molar-refractivity contribution in [1.29, 1.82) is 0 Å². The van der Waals surface area contributed by atoms with E-state index >= 15 is 0 Å². The van der Waals surface area contributed by atoms with E-state index in [0.717, 1.165) is 38.5 Å². The van der Waals surface area contributed by atoms with E-state index in [4.69, 9.17) is 18.9 Å². The van der Waals surface area contributed by atoms with Crippen LogP contribution in [0.1, 0.15) is 155 Å². The van der Waals surface area contributed by atoms with Crippen LogP contribution in [0.3, 0.4) is 0 Å². The lowest BCUT2D eigenvalue weighted by molar-refractivity contribution is -0.282. The molecule has 3 aliphatic rings. The highest BCUT2D eigenvalue weighted by Crippen LogP contribution is 2.27. The van der Waals surface area contributed by atoms with E-state index in [2.05, 4.69) is 16.0 Å². The summed E-state index contributed by atoms with van der Waals surface area (Å²) in [6, 6.07) is -1.94. The van der Waals surface area contributed by atoms with Crippen molar-refractivity contribution in [1.82, 2.24) is 20.9 Å². The molecule has 0 spiro atoms. The van der Waals surface area contributed by atoms with Crippen LogP contribution in [0.15, 0.2) is 0 Å². The van der Waals surface area contributed by atoms with Crippen LogP contribution in [0.4, 0.5) is 0 Å². The highest BCUT2D eigenvalue weighted by Gasteiger charge is 2.45. The number of likely N-dealkylation sites (tertiary alicyclic amines) is 1. The molecule has 3 rings (SSSR count). The van der Waals surface area contributed by atoms with Crippen LogP contribution in [0.25, 0.3) is 0 Å². The van der Waals surface area contributed by atoms with Gasteiger partial charge in [-0.05, 0) is 90.0 Å². The van der Waals surface area contributed by atoms with Crippen LogP contribution in [0, 0.1) is 5.92 Å². The Morgan fingerprint density at radius 2 is 1.17 bits per heavy atom. The van der Waals surface area contributed by atoms with Gasteiger partial charge in [-0.1, -0.05) is 39.0 Å². The minimum atomic E-state index is -1.41. The molecule has 13 N–H and O–H groups in total. The molecule has 22 heteroatoms. The second-order valence-electron chi connectivity index (χ2n) is 20.0. The predicted octanol–water partition coefficient (Wildman–Crippen LogP) is -0.493. The normalized spacial score (nSPS) is 29.0. The number of amides is 2. The summed E-state index contributed by atoms with van der Waals surface area (Å²) in [6.07, 6.45) is 1.41. The Kier molecular flexibility index (Phi) is 31.8. The smallest absolute Gasteiger partial charge is 0.222 e. The minimum Gasteiger partial charge on any atom is -0.394 e. The van der Waals surface area contributed by atoms with Crippen molar-refractivity contribution in [3.05, 3.63) is 0 Å². The van der Waals surface area contributed by atoms with Gasteiger partial charge in [0.25, 0.3) is 0 Å². The molecule has 72 heavy (non-hydrogen) atoms. The van der Waals surface area contributed by atoms with Gasteiger partial charge in [0.2, 0.25) is 11.8 Å². The highest BCUT2D eigenvalue weighted by atomic mass is 16.7. The first-order chi connectivity index (χ1) is 34.5. The summed E-state index contributed by atoms with van der Waals surface area (Å²) in [5, 5.41) is 110. The van der Waals surface area contributed by atoms with Crippen molar-refractivity contribution >= 4 is 23.4 Å². The third kappa shape index (κ3) is 23.3. The molecule has 3 heterocycles. The first-order valence-corrected chi connectivity index (χ1v) is 26.7. The molecular weight excluding hydrogens is 945 g/mol. The van der Waals surface area contributed by atoms with E-state index in [1.807, 2.05) is 0 Å². The second kappa shape index (κ2) is 35.8. The van der Waals surface area contributed by atoms with Crippen LogP contribution in [0.2, 0.25) is 0 Å². The fraction of sp³-hybridized carbons (Fsp3) is 0.920. The van der Waals surface area contributed by atoms with E-state index in [1.165, 1.54) is 6.92 Å². The summed E-state index contributed by atoms with van der Waals surface area (Å²) < 4.78 is 22.7. The van der Waals surface area contributed by atoms with Gasteiger partial charge in [0, 0.05) is 58.3 Å². The fourth-order valence-electron chi connectivity index (χ4n) is 9.54. The third-order valence-corrected chi connectivity index (χ3v) is 14.0. The summed E-state index contributed by atoms with van der Waals surface area (Å²) in [7, 11) is 0. The van der Waals surface area contributed by atoms with Crippen molar-refractivity contribution in [3.8, 4) is 0 Å². The molecule has 0 saturated carbocycles. The quantitative estimate of drug-likeness (QED) is 0.0273. The number of nitrogens with one attached hydrogen (secondary N) is 3. The molecule has 10 unspecified atom stereocenters. The average molecular weight is 1040 g/mol. The van der Waals surface area contributed by atoms with Gasteiger partial charge in [-0.2, -0.15) is 0 Å². The van der Waals surface area contributed by atoms with E-state index in [1.54, 1.807) is 11.8 Å². The molecule has 0 aliphatic carbocycles. The molecule has 0 aromatic carbocycles. The van der Waals surface area contributed by atoms with Crippen molar-refractivity contribution < 1.29 is 89.2 Å². The third-order valence-electron chi connectivity index (χ3n) is 14.0. The molecule has 3 saturated heterocycles. The van der Waals surface area contributed by atoms with Gasteiger partial charge in [-0.3, -0.25) is 29.8 Å². The van der Waals surface area contributed by atoms with Gasteiger partial charge in [-0.25, -0.2) is 0 Å². The van der Waals surface area contributed by atoms with Gasteiger partial charge in [0.1, 0.15) is 60.6 Å². The average Bonchev–Trinajstić information content (AvgIpc) is 3.75. The van der Waals surface area contributed by atoms with Gasteiger partial charge in [-0.15, -0.1) is 0 Å². The lowest BCUT2D eigenvalue weighted by Gasteiger charge is -2.42. The Morgan fingerprint density at radius 3 is 1.76 bits per heavy atom. The number of carbonyl (C=O) groups is 4. The predicted molar refractivity (Wildman–Crippen MR) is 261 cm³/mol. The second-order valence-corrected chi connectivity index (χ2v) is 20.0. The van der Waals surface area contributed by atoms with E-state index in [0.29, 0.717) is 109 Å². The molecule has 0 aromatic rings. The van der Waals surface area contributed by atoms with E-state index < -0.39 is 105 Å². The lowest BCUT2D eigenvalue weighted by atomic mass is 9.92. The van der Waals surface area contributed by atoms with E-state index in [-0.39, 0.29) is 49.9 Å². The number of hydrogen-bond donors (Lipinski definition) is 13. The number of hydrogen-bond acceptors (Lipinski definition) is 20. The largest absolute Gasteiger partial charge is 0.394 e. The van der Waals surface area contributed by atoms with Gasteiger partial charge >= 0.3 is 0 Å². The topological polar surface area (TPSA) is 347 Å². The monoisotopic (exact) mass is 1040 g/mol. The zero-order valence-corrected chi connectivity index (χ0v) is 42.9. The molecule has 420 valence electrons.